The minimum atomic E-state index is -0.512. The third-order valence-corrected chi connectivity index (χ3v) is 4.72. The number of hydrogen-bond donors (Lipinski definition) is 1. The molecule has 0 radical (unpaired) electrons. The van der Waals surface area contributed by atoms with Gasteiger partial charge in [0.05, 0.1) is 19.8 Å². The summed E-state index contributed by atoms with van der Waals surface area (Å²) in [5.74, 6) is 0.824. The Morgan fingerprint density at radius 3 is 2.71 bits per heavy atom. The molecule has 3 rings (SSSR count). The molecular weight excluding hydrogens is 302 g/mol. The monoisotopic (exact) mass is 328 g/mol. The maximum absolute atomic E-state index is 10.5. The molecule has 0 amide bonds. The van der Waals surface area contributed by atoms with Gasteiger partial charge in [-0.3, -0.25) is 0 Å². The molecule has 1 heterocycles. The Hall–Kier alpha value is -1.88. The zero-order chi connectivity index (χ0) is 16.8. The van der Waals surface area contributed by atoms with Gasteiger partial charge in [-0.1, -0.05) is 43.0 Å². The van der Waals surface area contributed by atoms with Gasteiger partial charge in [-0.05, 0) is 17.5 Å². The Labute approximate surface area is 143 Å². The van der Waals surface area contributed by atoms with Crippen molar-refractivity contribution in [3.05, 3.63) is 55.1 Å². The lowest BCUT2D eigenvalue weighted by atomic mass is 10.1. The summed E-state index contributed by atoms with van der Waals surface area (Å²) in [4.78, 5) is 0. The summed E-state index contributed by atoms with van der Waals surface area (Å²) < 4.78 is 12.2. The molecule has 0 spiro atoms. The minimum absolute atomic E-state index is 0.298. The van der Waals surface area contributed by atoms with E-state index in [9.17, 15) is 5.11 Å². The van der Waals surface area contributed by atoms with Crippen LogP contribution in [0.1, 0.15) is 0 Å². The van der Waals surface area contributed by atoms with E-state index in [1.807, 2.05) is 36.4 Å². The predicted molar refractivity (Wildman–Crippen MR) is 96.2 cm³/mol. The molecule has 4 nitrogen and oxygen atoms in total. The smallest absolute Gasteiger partial charge is 0.137 e. The molecule has 0 unspecified atom stereocenters. The molecule has 1 saturated heterocycles. The first-order valence-corrected chi connectivity index (χ1v) is 8.55. The van der Waals surface area contributed by atoms with Gasteiger partial charge in [-0.2, -0.15) is 0 Å². The average Bonchev–Trinajstić information content (AvgIpc) is 2.61. The van der Waals surface area contributed by atoms with Crippen LogP contribution in [0.2, 0.25) is 0 Å². The Bertz CT molecular complexity index is 674. The molecule has 24 heavy (non-hydrogen) atoms. The van der Waals surface area contributed by atoms with E-state index in [-0.39, 0.29) is 0 Å². The number of nitrogens with zero attached hydrogens (tertiary/aromatic N) is 1. The molecule has 0 aliphatic carbocycles. The van der Waals surface area contributed by atoms with Gasteiger partial charge in [0, 0.05) is 5.39 Å². The molecule has 1 aliphatic heterocycles. The third-order valence-electron chi connectivity index (χ3n) is 4.72. The van der Waals surface area contributed by atoms with Crippen molar-refractivity contribution < 1.29 is 19.1 Å². The summed E-state index contributed by atoms with van der Waals surface area (Å²) in [7, 11) is 0. The van der Waals surface area contributed by atoms with Crippen LogP contribution in [0.25, 0.3) is 10.8 Å². The molecule has 1 aliphatic rings. The number of morpholine rings is 1. The second-order valence-electron chi connectivity index (χ2n) is 6.50. The molecule has 0 saturated carbocycles. The fourth-order valence-corrected chi connectivity index (χ4v) is 3.45. The van der Waals surface area contributed by atoms with Gasteiger partial charge in [0.2, 0.25) is 0 Å². The van der Waals surface area contributed by atoms with Crippen LogP contribution in [0.3, 0.4) is 0 Å². The number of benzene rings is 2. The van der Waals surface area contributed by atoms with Crippen LogP contribution in [0, 0.1) is 0 Å². The summed E-state index contributed by atoms with van der Waals surface area (Å²) in [6.07, 6.45) is 1.42. The Morgan fingerprint density at radius 1 is 1.17 bits per heavy atom. The van der Waals surface area contributed by atoms with Crippen molar-refractivity contribution in [1.29, 1.82) is 0 Å². The van der Waals surface area contributed by atoms with Gasteiger partial charge < -0.3 is 19.1 Å². The molecule has 128 valence electrons. The lowest BCUT2D eigenvalue weighted by molar-refractivity contribution is -0.932. The van der Waals surface area contributed by atoms with Crippen molar-refractivity contribution in [3.8, 4) is 5.75 Å². The molecule has 1 atom stereocenters. The van der Waals surface area contributed by atoms with E-state index >= 15 is 0 Å². The van der Waals surface area contributed by atoms with Gasteiger partial charge in [-0.15, -0.1) is 0 Å². The largest absolute Gasteiger partial charge is 0.490 e. The highest BCUT2D eigenvalue weighted by atomic mass is 16.5. The van der Waals surface area contributed by atoms with Gasteiger partial charge in [0.15, 0.2) is 0 Å². The van der Waals surface area contributed by atoms with Crippen LogP contribution in [0.5, 0.6) is 5.75 Å². The summed E-state index contributed by atoms with van der Waals surface area (Å²) in [6.45, 7) is 9.00. The van der Waals surface area contributed by atoms with E-state index in [0.717, 1.165) is 53.9 Å². The van der Waals surface area contributed by atoms with Gasteiger partial charge in [0.1, 0.15) is 38.1 Å². The van der Waals surface area contributed by atoms with Crippen molar-refractivity contribution in [3.63, 3.8) is 0 Å². The zero-order valence-corrected chi connectivity index (χ0v) is 14.1. The van der Waals surface area contributed by atoms with Crippen LogP contribution >= 0.6 is 0 Å². The molecule has 1 N–H and O–H groups in total. The minimum Gasteiger partial charge on any atom is -0.490 e. The van der Waals surface area contributed by atoms with Crippen LogP contribution in [0.15, 0.2) is 55.1 Å². The zero-order valence-electron chi connectivity index (χ0n) is 14.1. The molecule has 1 fully saturated rings. The highest BCUT2D eigenvalue weighted by Gasteiger charge is 2.32. The number of quaternary nitrogens is 1. The third kappa shape index (κ3) is 3.96. The van der Waals surface area contributed by atoms with Crippen molar-refractivity contribution in [2.75, 3.05) is 46.0 Å². The van der Waals surface area contributed by atoms with E-state index in [2.05, 4.69) is 18.7 Å². The topological polar surface area (TPSA) is 38.7 Å². The van der Waals surface area contributed by atoms with E-state index in [4.69, 9.17) is 9.47 Å². The van der Waals surface area contributed by atoms with Crippen molar-refractivity contribution >= 4 is 10.8 Å². The molecule has 0 bridgehead atoms. The number of ether oxygens (including phenoxy) is 2. The molecular formula is C20H26NO3+. The first-order chi connectivity index (χ1) is 11.7. The normalized spacial score (nSPS) is 18.2. The van der Waals surface area contributed by atoms with Gasteiger partial charge in [0.25, 0.3) is 0 Å². The molecule has 0 aromatic heterocycles. The van der Waals surface area contributed by atoms with E-state index in [0.29, 0.717) is 13.2 Å². The van der Waals surface area contributed by atoms with E-state index < -0.39 is 6.10 Å². The van der Waals surface area contributed by atoms with Crippen molar-refractivity contribution in [2.45, 2.75) is 6.10 Å². The number of aliphatic hydroxyl groups excluding tert-OH is 1. The van der Waals surface area contributed by atoms with Crippen LogP contribution in [-0.2, 0) is 4.74 Å². The Balaban J connectivity index is 1.64. The van der Waals surface area contributed by atoms with E-state index in [1.54, 1.807) is 0 Å². The number of fused-ring (bicyclic) bond motifs is 1. The van der Waals surface area contributed by atoms with Crippen LogP contribution in [0.4, 0.5) is 0 Å². The van der Waals surface area contributed by atoms with Gasteiger partial charge in [-0.25, -0.2) is 0 Å². The summed E-state index contributed by atoms with van der Waals surface area (Å²) in [5.41, 5.74) is 0. The molecule has 2 aromatic rings. The van der Waals surface area contributed by atoms with Crippen LogP contribution < -0.4 is 4.74 Å². The summed E-state index contributed by atoms with van der Waals surface area (Å²) in [5, 5.41) is 12.7. The fraction of sp³-hybridized carbons (Fsp3) is 0.400. The highest BCUT2D eigenvalue weighted by Crippen LogP contribution is 2.25. The SMILES string of the molecule is C=CC[N+]1(C[C@@H](O)COc2cccc3ccccc23)CCOCC1. The predicted octanol–water partition coefficient (Wildman–Crippen LogP) is 2.61. The second kappa shape index (κ2) is 7.79. The van der Waals surface area contributed by atoms with Gasteiger partial charge >= 0.3 is 0 Å². The molecule has 2 aromatic carbocycles. The maximum atomic E-state index is 10.5. The Morgan fingerprint density at radius 2 is 1.92 bits per heavy atom. The maximum Gasteiger partial charge on any atom is 0.137 e. The van der Waals surface area contributed by atoms with Crippen molar-refractivity contribution in [2.24, 2.45) is 0 Å². The van der Waals surface area contributed by atoms with Crippen molar-refractivity contribution in [1.82, 2.24) is 0 Å². The lowest BCUT2D eigenvalue weighted by Crippen LogP contribution is -2.58. The number of rotatable bonds is 7. The number of aliphatic hydroxyl groups is 1. The Kier molecular flexibility index (Phi) is 5.51. The first-order valence-electron chi connectivity index (χ1n) is 8.55. The molecule has 4 heteroatoms. The lowest BCUT2D eigenvalue weighted by Gasteiger charge is -2.41. The first kappa shape index (κ1) is 17.0. The van der Waals surface area contributed by atoms with E-state index in [1.165, 1.54) is 0 Å². The average molecular weight is 328 g/mol. The highest BCUT2D eigenvalue weighted by molar-refractivity contribution is 5.88. The standard InChI is InChI=1S/C20H26NO3/c1-2-10-21(11-13-23-14-12-21)15-18(22)16-24-20-9-5-7-17-6-3-4-8-19(17)20/h2-9,18,22H,1,10-16H2/q+1/t18-/m1/s1. The second-order valence-corrected chi connectivity index (χ2v) is 6.50. The quantitative estimate of drug-likeness (QED) is 0.627. The summed E-state index contributed by atoms with van der Waals surface area (Å²) >= 11 is 0. The van der Waals surface area contributed by atoms with Crippen LogP contribution in [-0.4, -0.2) is 61.7 Å². The summed E-state index contributed by atoms with van der Waals surface area (Å²) in [6, 6.07) is 14.1. The number of hydrogen-bond acceptors (Lipinski definition) is 3. The fourth-order valence-electron chi connectivity index (χ4n) is 3.45.